The quantitative estimate of drug-likeness (QED) is 0.0222. The van der Waals surface area contributed by atoms with Gasteiger partial charge in [0.05, 0.1) is 26.4 Å². The molecule has 0 saturated heterocycles. The number of rotatable bonds is 67. The lowest BCUT2D eigenvalue weighted by Gasteiger charge is -2.21. The van der Waals surface area contributed by atoms with Crippen LogP contribution in [0.2, 0.25) is 0 Å². The van der Waals surface area contributed by atoms with Gasteiger partial charge in [0.25, 0.3) is 0 Å². The zero-order valence-corrected chi connectivity index (χ0v) is 57.2. The Hall–Kier alpha value is -1.94. The predicted molar refractivity (Wildman–Crippen MR) is 345 cm³/mol. The highest BCUT2D eigenvalue weighted by molar-refractivity contribution is 7.47. The molecule has 3 unspecified atom stereocenters. The van der Waals surface area contributed by atoms with Crippen LogP contribution in [0.15, 0.2) is 0 Å². The number of phosphoric ester groups is 2. The highest BCUT2D eigenvalue weighted by Gasteiger charge is 2.30. The van der Waals surface area contributed by atoms with E-state index >= 15 is 0 Å². The molecule has 0 aromatic rings. The van der Waals surface area contributed by atoms with Gasteiger partial charge in [-0.1, -0.05) is 291 Å². The second kappa shape index (κ2) is 60.6. The number of unbranched alkanes of at least 4 members (excludes halogenated alkanes) is 38. The maximum atomic E-state index is 13.0. The summed E-state index contributed by atoms with van der Waals surface area (Å²) < 4.78 is 67.9. The molecule has 86 heavy (non-hydrogen) atoms. The van der Waals surface area contributed by atoms with Gasteiger partial charge in [-0.15, -0.1) is 0 Å². The topological polar surface area (TPSA) is 237 Å². The van der Waals surface area contributed by atoms with Gasteiger partial charge in [0, 0.05) is 25.7 Å². The van der Waals surface area contributed by atoms with Crippen molar-refractivity contribution in [3.8, 4) is 0 Å². The maximum Gasteiger partial charge on any atom is 0.472 e. The molecule has 3 N–H and O–H groups in total. The number of carbonyl (C=O) groups is 4. The summed E-state index contributed by atoms with van der Waals surface area (Å²) in [7, 11) is -9.88. The molecule has 0 aliphatic heterocycles. The number of aliphatic hydroxyl groups is 1. The van der Waals surface area contributed by atoms with Crippen molar-refractivity contribution in [3.05, 3.63) is 0 Å². The summed E-state index contributed by atoms with van der Waals surface area (Å²) in [5, 5.41) is 10.5. The molecule has 0 saturated carbocycles. The Bertz CT molecular complexity index is 1670. The predicted octanol–water partition coefficient (Wildman–Crippen LogP) is 19.0. The molecule has 0 radical (unpaired) electrons. The molecule has 19 heteroatoms. The molecule has 0 aromatic heterocycles. The Morgan fingerprint density at radius 3 is 0.826 bits per heavy atom. The van der Waals surface area contributed by atoms with Crippen molar-refractivity contribution >= 4 is 39.5 Å². The third kappa shape index (κ3) is 59.7. The molecule has 0 amide bonds. The fourth-order valence-electron chi connectivity index (χ4n) is 10.1. The second-order valence-corrected chi connectivity index (χ2v) is 27.4. The maximum absolute atomic E-state index is 13.0. The van der Waals surface area contributed by atoms with Crippen LogP contribution in [-0.2, 0) is 65.4 Å². The fraction of sp³-hybridized carbons (Fsp3) is 0.940. The Balaban J connectivity index is 5.15. The summed E-state index contributed by atoms with van der Waals surface area (Å²) in [6.07, 6.45) is 46.3. The lowest BCUT2D eigenvalue weighted by Crippen LogP contribution is -2.30. The van der Waals surface area contributed by atoms with Crippen LogP contribution in [0.4, 0.5) is 0 Å². The van der Waals surface area contributed by atoms with Gasteiger partial charge in [0.2, 0.25) is 0 Å². The number of hydrogen-bond donors (Lipinski definition) is 3. The molecule has 0 fully saturated rings. The van der Waals surface area contributed by atoms with E-state index in [4.69, 9.17) is 37.0 Å². The average Bonchev–Trinajstić information content (AvgIpc) is 3.49. The van der Waals surface area contributed by atoms with Crippen LogP contribution in [0.5, 0.6) is 0 Å². The van der Waals surface area contributed by atoms with E-state index in [-0.39, 0.29) is 25.7 Å². The first-order valence-corrected chi connectivity index (χ1v) is 38.2. The van der Waals surface area contributed by atoms with Crippen molar-refractivity contribution in [2.75, 3.05) is 39.6 Å². The number of esters is 4. The van der Waals surface area contributed by atoms with E-state index in [1.54, 1.807) is 0 Å². The Labute approximate surface area is 524 Å². The molecule has 6 atom stereocenters. The molecule has 0 aliphatic rings. The van der Waals surface area contributed by atoms with Gasteiger partial charge >= 0.3 is 39.5 Å². The lowest BCUT2D eigenvalue weighted by atomic mass is 10.00. The van der Waals surface area contributed by atoms with Crippen LogP contribution in [0.1, 0.15) is 343 Å². The van der Waals surface area contributed by atoms with E-state index in [0.717, 1.165) is 102 Å². The van der Waals surface area contributed by atoms with Gasteiger partial charge in [0.1, 0.15) is 19.3 Å². The van der Waals surface area contributed by atoms with Crippen LogP contribution >= 0.6 is 15.6 Å². The summed E-state index contributed by atoms with van der Waals surface area (Å²) in [6.45, 7) is 7.08. The zero-order chi connectivity index (χ0) is 63.5. The lowest BCUT2D eigenvalue weighted by molar-refractivity contribution is -0.161. The SMILES string of the molecule is CCCCCCCCCCCCCCCCCCCCC(=O)O[C@H](COC(=O)CCCCCCCCCCCCCCC)COP(=O)(O)OC[C@@H](O)COP(=O)(O)OC[C@@H](COC(=O)CCCCCCC)OC(=O)CCCCCCCCC(C)CC. The molecule has 0 spiro atoms. The van der Waals surface area contributed by atoms with Crippen molar-refractivity contribution in [2.45, 2.75) is 361 Å². The standard InChI is InChI=1S/C67H130O17P2/c1-6-10-13-16-18-20-22-24-25-26-27-28-30-32-34-36-42-47-52-66(71)83-63(57-78-65(70)51-46-41-35-33-31-29-23-21-19-17-14-11-7-2)59-82-86(75,76)80-55-61(68)54-79-85(73,74)81-58-62(56-77-64(69)50-45-39-15-12-8-3)84-67(72)53-48-43-38-37-40-44-49-60(5)9-4/h60-63,68H,6-59H2,1-5H3,(H,73,74)(H,75,76)/t60?,61-,62+,63+/m0/s1. The summed E-state index contributed by atoms with van der Waals surface area (Å²) in [5.41, 5.74) is 0. The minimum Gasteiger partial charge on any atom is -0.462 e. The fourth-order valence-corrected chi connectivity index (χ4v) is 11.7. The number of phosphoric acid groups is 2. The van der Waals surface area contributed by atoms with Crippen molar-refractivity contribution in [3.63, 3.8) is 0 Å². The normalized spacial score (nSPS) is 14.5. The second-order valence-electron chi connectivity index (χ2n) is 24.5. The van der Waals surface area contributed by atoms with Crippen LogP contribution in [0.25, 0.3) is 0 Å². The molecule has 0 aliphatic carbocycles. The van der Waals surface area contributed by atoms with Crippen LogP contribution in [0.3, 0.4) is 0 Å². The Morgan fingerprint density at radius 1 is 0.326 bits per heavy atom. The highest BCUT2D eigenvalue weighted by Crippen LogP contribution is 2.45. The zero-order valence-electron chi connectivity index (χ0n) is 55.4. The van der Waals surface area contributed by atoms with Crippen molar-refractivity contribution in [1.82, 2.24) is 0 Å². The minimum atomic E-state index is -4.95. The van der Waals surface area contributed by atoms with E-state index in [9.17, 15) is 43.2 Å². The van der Waals surface area contributed by atoms with Gasteiger partial charge in [-0.25, -0.2) is 9.13 Å². The molecule has 510 valence electrons. The monoisotopic (exact) mass is 1270 g/mol. The van der Waals surface area contributed by atoms with Crippen LogP contribution < -0.4 is 0 Å². The van der Waals surface area contributed by atoms with E-state index in [2.05, 4.69) is 34.6 Å². The summed E-state index contributed by atoms with van der Waals surface area (Å²) in [4.78, 5) is 72.1. The molecule has 0 bridgehead atoms. The highest BCUT2D eigenvalue weighted by atomic mass is 31.2. The van der Waals surface area contributed by atoms with Crippen LogP contribution in [0, 0.1) is 5.92 Å². The summed E-state index contributed by atoms with van der Waals surface area (Å²) in [6, 6.07) is 0. The first kappa shape index (κ1) is 84.1. The molecular weight excluding hydrogens is 1140 g/mol. The number of hydrogen-bond acceptors (Lipinski definition) is 15. The summed E-state index contributed by atoms with van der Waals surface area (Å²) >= 11 is 0. The third-order valence-electron chi connectivity index (χ3n) is 15.9. The van der Waals surface area contributed by atoms with Crippen molar-refractivity contribution in [2.24, 2.45) is 5.92 Å². The molecule has 17 nitrogen and oxygen atoms in total. The largest absolute Gasteiger partial charge is 0.472 e. The minimum absolute atomic E-state index is 0.102. The van der Waals surface area contributed by atoms with Crippen LogP contribution in [-0.4, -0.2) is 96.7 Å². The molecular formula is C67H130O17P2. The van der Waals surface area contributed by atoms with Gasteiger partial charge in [-0.05, 0) is 31.6 Å². The molecule has 0 heterocycles. The number of aliphatic hydroxyl groups excluding tert-OH is 1. The third-order valence-corrected chi connectivity index (χ3v) is 17.8. The number of carbonyl (C=O) groups excluding carboxylic acids is 4. The summed E-state index contributed by atoms with van der Waals surface area (Å²) in [5.74, 6) is -1.42. The Kier molecular flexibility index (Phi) is 59.2. The van der Waals surface area contributed by atoms with Gasteiger partial charge < -0.3 is 33.8 Å². The van der Waals surface area contributed by atoms with Crippen molar-refractivity contribution in [1.29, 1.82) is 0 Å². The molecule has 0 aromatic carbocycles. The van der Waals surface area contributed by atoms with Gasteiger partial charge in [-0.3, -0.25) is 37.3 Å². The van der Waals surface area contributed by atoms with E-state index in [1.807, 2.05) is 0 Å². The van der Waals surface area contributed by atoms with E-state index in [1.165, 1.54) is 161 Å². The first-order chi connectivity index (χ1) is 41.6. The molecule has 0 rings (SSSR count). The van der Waals surface area contributed by atoms with Gasteiger partial charge in [-0.2, -0.15) is 0 Å². The first-order valence-electron chi connectivity index (χ1n) is 35.2. The Morgan fingerprint density at radius 2 is 0.558 bits per heavy atom. The van der Waals surface area contributed by atoms with Crippen molar-refractivity contribution < 1.29 is 80.2 Å². The number of ether oxygens (including phenoxy) is 4. The van der Waals surface area contributed by atoms with Gasteiger partial charge in [0.15, 0.2) is 12.2 Å². The van der Waals surface area contributed by atoms with E-state index in [0.29, 0.717) is 25.7 Å². The van der Waals surface area contributed by atoms with E-state index < -0.39 is 97.5 Å². The smallest absolute Gasteiger partial charge is 0.462 e. The average molecular weight is 1270 g/mol.